The highest BCUT2D eigenvalue weighted by molar-refractivity contribution is 7.90. The zero-order valence-corrected chi connectivity index (χ0v) is 10.6. The van der Waals surface area contributed by atoms with Crippen molar-refractivity contribution in [3.8, 4) is 6.07 Å². The molecule has 90 valence electrons. The molecule has 0 N–H and O–H groups in total. The topological polar surface area (TPSA) is 79.5 Å². The van der Waals surface area contributed by atoms with E-state index in [0.29, 0.717) is 5.56 Å². The first-order valence-corrected chi connectivity index (χ1v) is 6.21. The molecule has 0 spiro atoms. The van der Waals surface area contributed by atoms with Crippen LogP contribution in [-0.2, 0) is 14.8 Å². The molecule has 1 aromatic carbocycles. The highest BCUT2D eigenvalue weighted by Crippen LogP contribution is 2.20. The molecule has 0 amide bonds. The summed E-state index contributed by atoms with van der Waals surface area (Å²) in [6.07, 6.45) is 0. The number of ether oxygens (including phenoxy) is 1. The van der Waals surface area contributed by atoms with E-state index < -0.39 is 10.0 Å². The van der Waals surface area contributed by atoms with Gasteiger partial charge in [0.1, 0.15) is 11.0 Å². The van der Waals surface area contributed by atoms with E-state index in [1.165, 1.54) is 20.1 Å². The molecule has 0 aliphatic heterocycles. The number of aryl methyl sites for hydroxylation is 1. The fraction of sp³-hybridized carbons (Fsp3) is 0.273. The van der Waals surface area contributed by atoms with Crippen LogP contribution in [0, 0.1) is 18.3 Å². The Morgan fingerprint density at radius 2 is 2.12 bits per heavy atom. The molecule has 17 heavy (non-hydrogen) atoms. The van der Waals surface area contributed by atoms with E-state index in [-0.39, 0.29) is 16.4 Å². The number of benzene rings is 1. The summed E-state index contributed by atoms with van der Waals surface area (Å²) in [5.74, 6) is 0.0235. The predicted octanol–water partition coefficient (Wildman–Crippen LogP) is 1.62. The van der Waals surface area contributed by atoms with E-state index in [1.807, 2.05) is 6.07 Å². The second kappa shape index (κ2) is 4.97. The van der Waals surface area contributed by atoms with Gasteiger partial charge in [-0.3, -0.25) is 0 Å². The normalized spacial score (nSPS) is 12.0. The monoisotopic (exact) mass is 252 g/mol. The Kier molecular flexibility index (Phi) is 3.86. The van der Waals surface area contributed by atoms with Crippen LogP contribution in [0.1, 0.15) is 18.1 Å². The Morgan fingerprint density at radius 3 is 2.65 bits per heavy atom. The molecule has 0 bridgehead atoms. The number of nitriles is 1. The van der Waals surface area contributed by atoms with Gasteiger partial charge >= 0.3 is 0 Å². The lowest BCUT2D eigenvalue weighted by molar-refractivity contribution is 0.401. The van der Waals surface area contributed by atoms with Gasteiger partial charge in [-0.1, -0.05) is 12.1 Å². The van der Waals surface area contributed by atoms with Gasteiger partial charge in [-0.2, -0.15) is 13.7 Å². The largest absolute Gasteiger partial charge is 0.484 e. The van der Waals surface area contributed by atoms with Crippen molar-refractivity contribution in [2.75, 3.05) is 7.11 Å². The lowest BCUT2D eigenvalue weighted by Crippen LogP contribution is -2.06. The molecule has 0 saturated carbocycles. The first-order valence-electron chi connectivity index (χ1n) is 4.77. The maximum atomic E-state index is 11.9. The van der Waals surface area contributed by atoms with Crippen molar-refractivity contribution >= 4 is 15.9 Å². The Bertz CT molecular complexity index is 598. The summed E-state index contributed by atoms with van der Waals surface area (Å²) in [6.45, 7) is 3.10. The average Bonchev–Trinajstić information content (AvgIpc) is 2.28. The summed E-state index contributed by atoms with van der Waals surface area (Å²) in [7, 11) is -2.57. The molecule has 0 radical (unpaired) electrons. The van der Waals surface area contributed by atoms with E-state index in [9.17, 15) is 8.42 Å². The van der Waals surface area contributed by atoms with E-state index in [1.54, 1.807) is 19.1 Å². The van der Waals surface area contributed by atoms with Crippen LogP contribution in [0.15, 0.2) is 27.5 Å². The summed E-state index contributed by atoms with van der Waals surface area (Å²) in [6, 6.07) is 6.47. The van der Waals surface area contributed by atoms with Gasteiger partial charge < -0.3 is 4.74 Å². The molecule has 1 aromatic rings. The molecular formula is C11H12N2O3S. The van der Waals surface area contributed by atoms with Crippen molar-refractivity contribution in [3.63, 3.8) is 0 Å². The molecular weight excluding hydrogens is 240 g/mol. The van der Waals surface area contributed by atoms with Gasteiger partial charge in [-0.05, 0) is 18.6 Å². The summed E-state index contributed by atoms with van der Waals surface area (Å²) in [5, 5.41) is 8.96. The molecule has 0 aliphatic carbocycles. The van der Waals surface area contributed by atoms with Gasteiger partial charge in [-0.25, -0.2) is 0 Å². The highest BCUT2D eigenvalue weighted by Gasteiger charge is 2.19. The standard InChI is InChI=1S/C11H12N2O3S/c1-8-5-4-6-11(10(8)7-12)17(14,15)13-9(2)16-3/h4-6H,1-3H3/b13-9-. The van der Waals surface area contributed by atoms with E-state index in [2.05, 4.69) is 4.40 Å². The number of hydrogen-bond acceptors (Lipinski definition) is 4. The number of methoxy groups -OCH3 is 1. The van der Waals surface area contributed by atoms with Gasteiger partial charge in [0, 0.05) is 6.92 Å². The van der Waals surface area contributed by atoms with Crippen LogP contribution in [0.5, 0.6) is 0 Å². The van der Waals surface area contributed by atoms with Gasteiger partial charge in [0.05, 0.1) is 12.7 Å². The zero-order valence-electron chi connectivity index (χ0n) is 9.76. The van der Waals surface area contributed by atoms with Crippen molar-refractivity contribution in [3.05, 3.63) is 29.3 Å². The van der Waals surface area contributed by atoms with Crippen LogP contribution in [0.4, 0.5) is 0 Å². The molecule has 0 heterocycles. The molecule has 5 nitrogen and oxygen atoms in total. The number of rotatable bonds is 2. The van der Waals surface area contributed by atoms with E-state index in [0.717, 1.165) is 0 Å². The quantitative estimate of drug-likeness (QED) is 0.591. The minimum absolute atomic E-state index is 0.0235. The second-order valence-corrected chi connectivity index (χ2v) is 4.92. The van der Waals surface area contributed by atoms with Crippen LogP contribution in [0.3, 0.4) is 0 Å². The molecule has 0 atom stereocenters. The molecule has 0 saturated heterocycles. The molecule has 0 fully saturated rings. The fourth-order valence-electron chi connectivity index (χ4n) is 1.25. The predicted molar refractivity (Wildman–Crippen MR) is 63.2 cm³/mol. The van der Waals surface area contributed by atoms with Gasteiger partial charge in [0.2, 0.25) is 0 Å². The van der Waals surface area contributed by atoms with Crippen LogP contribution in [-0.4, -0.2) is 21.4 Å². The fourth-order valence-corrected chi connectivity index (χ4v) is 2.48. The van der Waals surface area contributed by atoms with Crippen molar-refractivity contribution in [2.45, 2.75) is 18.7 Å². The molecule has 0 aliphatic rings. The third-order valence-corrected chi connectivity index (χ3v) is 3.56. The Labute approximate surface area is 100 Å². The van der Waals surface area contributed by atoms with Crippen LogP contribution in [0.2, 0.25) is 0 Å². The smallest absolute Gasteiger partial charge is 0.286 e. The summed E-state index contributed by atoms with van der Waals surface area (Å²) in [4.78, 5) is -0.101. The number of sulfonamides is 1. The maximum Gasteiger partial charge on any atom is 0.286 e. The Balaban J connectivity index is 3.46. The lowest BCUT2D eigenvalue weighted by atomic mass is 10.1. The van der Waals surface area contributed by atoms with Gasteiger partial charge in [0.25, 0.3) is 10.0 Å². The summed E-state index contributed by atoms with van der Waals surface area (Å²) < 4.78 is 32.0. The molecule has 0 unspecified atom stereocenters. The zero-order chi connectivity index (χ0) is 13.1. The average molecular weight is 252 g/mol. The highest BCUT2D eigenvalue weighted by atomic mass is 32.2. The second-order valence-electron chi connectivity index (χ2n) is 3.35. The van der Waals surface area contributed by atoms with Crippen molar-refractivity contribution in [1.29, 1.82) is 5.26 Å². The lowest BCUT2D eigenvalue weighted by Gasteiger charge is -2.05. The first kappa shape index (κ1) is 13.2. The Morgan fingerprint density at radius 1 is 1.47 bits per heavy atom. The third kappa shape index (κ3) is 2.82. The SMILES string of the molecule is CO/C(C)=N\S(=O)(=O)c1cccc(C)c1C#N. The van der Waals surface area contributed by atoms with Gasteiger partial charge in [0.15, 0.2) is 5.90 Å². The molecule has 1 rings (SSSR count). The van der Waals surface area contributed by atoms with Crippen molar-refractivity contribution < 1.29 is 13.2 Å². The van der Waals surface area contributed by atoms with Crippen LogP contribution < -0.4 is 0 Å². The van der Waals surface area contributed by atoms with Crippen molar-refractivity contribution in [1.82, 2.24) is 0 Å². The number of hydrogen-bond donors (Lipinski definition) is 0. The van der Waals surface area contributed by atoms with E-state index >= 15 is 0 Å². The minimum Gasteiger partial charge on any atom is -0.484 e. The number of nitrogens with zero attached hydrogens (tertiary/aromatic N) is 2. The van der Waals surface area contributed by atoms with Crippen LogP contribution >= 0.6 is 0 Å². The third-order valence-electron chi connectivity index (χ3n) is 2.17. The van der Waals surface area contributed by atoms with Gasteiger partial charge in [-0.15, -0.1) is 4.40 Å². The summed E-state index contributed by atoms with van der Waals surface area (Å²) in [5.41, 5.74) is 0.707. The van der Waals surface area contributed by atoms with E-state index in [4.69, 9.17) is 10.00 Å². The minimum atomic E-state index is -3.90. The molecule has 0 aromatic heterocycles. The van der Waals surface area contributed by atoms with Crippen LogP contribution in [0.25, 0.3) is 0 Å². The maximum absolute atomic E-state index is 11.9. The Hall–Kier alpha value is -1.87. The van der Waals surface area contributed by atoms with Crippen molar-refractivity contribution in [2.24, 2.45) is 4.40 Å². The molecule has 6 heteroatoms. The summed E-state index contributed by atoms with van der Waals surface area (Å²) >= 11 is 0. The first-order chi connectivity index (χ1) is 7.92.